The van der Waals surface area contributed by atoms with Gasteiger partial charge in [-0.2, -0.15) is 0 Å². The predicted molar refractivity (Wildman–Crippen MR) is 124 cm³/mol. The van der Waals surface area contributed by atoms with Crippen LogP contribution in [-0.2, 0) is 17.6 Å². The summed E-state index contributed by atoms with van der Waals surface area (Å²) in [5.41, 5.74) is 3.07. The summed E-state index contributed by atoms with van der Waals surface area (Å²) in [5, 5.41) is 12.4. The third kappa shape index (κ3) is 8.70. The monoisotopic (exact) mass is 501 g/mol. The molecule has 2 rings (SSSR count). The minimum atomic E-state index is -0.134. The smallest absolute Gasteiger partial charge is 0.246 e. The highest BCUT2D eigenvalue weighted by Crippen LogP contribution is 2.11. The van der Waals surface area contributed by atoms with Crippen LogP contribution < -0.4 is 16.0 Å². The SMILES string of the molecule is CCNC(=NCC(=O)Nc1cccc(CC)c1)NCCc1csc(C)n1.I. The van der Waals surface area contributed by atoms with Crippen LogP contribution in [0.25, 0.3) is 0 Å². The van der Waals surface area contributed by atoms with Gasteiger partial charge in [0.05, 0.1) is 10.7 Å². The summed E-state index contributed by atoms with van der Waals surface area (Å²) in [6.07, 6.45) is 1.76. The predicted octanol–water partition coefficient (Wildman–Crippen LogP) is 3.37. The fourth-order valence-electron chi connectivity index (χ4n) is 2.39. The summed E-state index contributed by atoms with van der Waals surface area (Å²) < 4.78 is 0. The second kappa shape index (κ2) is 12.7. The number of rotatable bonds is 8. The summed E-state index contributed by atoms with van der Waals surface area (Å²) in [6, 6.07) is 7.87. The van der Waals surface area contributed by atoms with E-state index in [-0.39, 0.29) is 36.4 Å². The van der Waals surface area contributed by atoms with E-state index in [2.05, 4.69) is 38.2 Å². The first-order chi connectivity index (χ1) is 12.6. The van der Waals surface area contributed by atoms with E-state index >= 15 is 0 Å². The largest absolute Gasteiger partial charge is 0.357 e. The van der Waals surface area contributed by atoms with Gasteiger partial charge in [-0.3, -0.25) is 4.79 Å². The molecule has 8 heteroatoms. The molecule has 3 N–H and O–H groups in total. The quantitative estimate of drug-likeness (QED) is 0.295. The van der Waals surface area contributed by atoms with Gasteiger partial charge in [-0.25, -0.2) is 9.98 Å². The van der Waals surface area contributed by atoms with Crippen LogP contribution in [-0.4, -0.2) is 36.5 Å². The van der Waals surface area contributed by atoms with Gasteiger partial charge in [0.15, 0.2) is 5.96 Å². The molecule has 1 aromatic heterocycles. The third-order valence-corrected chi connectivity index (χ3v) is 4.51. The zero-order chi connectivity index (χ0) is 18.8. The average Bonchev–Trinajstić information content (AvgIpc) is 3.05. The van der Waals surface area contributed by atoms with Gasteiger partial charge in [0.2, 0.25) is 5.91 Å². The summed E-state index contributed by atoms with van der Waals surface area (Å²) in [7, 11) is 0. The number of guanidine groups is 1. The van der Waals surface area contributed by atoms with Gasteiger partial charge < -0.3 is 16.0 Å². The first-order valence-electron chi connectivity index (χ1n) is 8.92. The van der Waals surface area contributed by atoms with Crippen molar-refractivity contribution in [1.29, 1.82) is 0 Å². The number of hydrogen-bond acceptors (Lipinski definition) is 4. The Morgan fingerprint density at radius 3 is 2.74 bits per heavy atom. The van der Waals surface area contributed by atoms with Crippen molar-refractivity contribution < 1.29 is 4.79 Å². The van der Waals surface area contributed by atoms with Crippen molar-refractivity contribution in [3.05, 3.63) is 45.9 Å². The zero-order valence-corrected chi connectivity index (χ0v) is 19.2. The molecule has 0 aliphatic heterocycles. The summed E-state index contributed by atoms with van der Waals surface area (Å²) in [6.45, 7) is 7.62. The fourth-order valence-corrected chi connectivity index (χ4v) is 3.04. The van der Waals surface area contributed by atoms with Gasteiger partial charge in [-0.1, -0.05) is 19.1 Å². The molecule has 27 heavy (non-hydrogen) atoms. The lowest BCUT2D eigenvalue weighted by atomic mass is 10.1. The van der Waals surface area contributed by atoms with Crippen molar-refractivity contribution in [2.45, 2.75) is 33.6 Å². The zero-order valence-electron chi connectivity index (χ0n) is 16.0. The number of amides is 1. The molecule has 0 spiro atoms. The van der Waals surface area contributed by atoms with Crippen molar-refractivity contribution >= 4 is 52.9 Å². The van der Waals surface area contributed by atoms with Gasteiger partial charge in [-0.15, -0.1) is 35.3 Å². The molecule has 1 aromatic carbocycles. The van der Waals surface area contributed by atoms with Crippen molar-refractivity contribution in [2.24, 2.45) is 4.99 Å². The molecular formula is C19H28IN5OS. The molecule has 148 valence electrons. The first kappa shape index (κ1) is 23.4. The van der Waals surface area contributed by atoms with Gasteiger partial charge in [0.25, 0.3) is 0 Å². The maximum atomic E-state index is 12.1. The van der Waals surface area contributed by atoms with Crippen LogP contribution in [0.2, 0.25) is 0 Å². The standard InChI is InChI=1S/C19H27N5OS.HI/c1-4-15-7-6-8-16(11-15)24-18(25)12-22-19(20-5-2)21-10-9-17-13-26-14(3)23-17;/h6-8,11,13H,4-5,9-10,12H2,1-3H3,(H,24,25)(H2,20,21,22);1H. The van der Waals surface area contributed by atoms with Crippen LogP contribution in [0.5, 0.6) is 0 Å². The lowest BCUT2D eigenvalue weighted by molar-refractivity contribution is -0.114. The van der Waals surface area contributed by atoms with Gasteiger partial charge in [-0.05, 0) is 38.0 Å². The molecule has 0 bridgehead atoms. The highest BCUT2D eigenvalue weighted by molar-refractivity contribution is 14.0. The van der Waals surface area contributed by atoms with Crippen LogP contribution in [0.1, 0.15) is 30.1 Å². The maximum Gasteiger partial charge on any atom is 0.246 e. The topological polar surface area (TPSA) is 78.4 Å². The molecule has 1 amide bonds. The van der Waals surface area contributed by atoms with Gasteiger partial charge in [0.1, 0.15) is 6.54 Å². The van der Waals surface area contributed by atoms with E-state index in [1.807, 2.05) is 38.1 Å². The molecule has 0 aliphatic carbocycles. The number of carbonyl (C=O) groups is 1. The Kier molecular flexibility index (Phi) is 11.0. The van der Waals surface area contributed by atoms with Crippen LogP contribution in [0, 0.1) is 6.92 Å². The minimum Gasteiger partial charge on any atom is -0.357 e. The third-order valence-electron chi connectivity index (χ3n) is 3.68. The van der Waals surface area contributed by atoms with E-state index in [1.165, 1.54) is 5.56 Å². The number of halogens is 1. The molecule has 0 saturated carbocycles. The van der Waals surface area contributed by atoms with Crippen molar-refractivity contribution in [3.8, 4) is 0 Å². The van der Waals surface area contributed by atoms with Gasteiger partial charge >= 0.3 is 0 Å². The molecule has 2 aromatic rings. The maximum absolute atomic E-state index is 12.1. The molecule has 0 atom stereocenters. The minimum absolute atomic E-state index is 0. The lowest BCUT2D eigenvalue weighted by Gasteiger charge is -2.11. The normalized spacial score (nSPS) is 10.9. The number of nitrogens with one attached hydrogen (secondary N) is 3. The van der Waals surface area contributed by atoms with E-state index in [1.54, 1.807) is 11.3 Å². The molecule has 0 saturated heterocycles. The number of anilines is 1. The number of nitrogens with zero attached hydrogens (tertiary/aromatic N) is 2. The summed E-state index contributed by atoms with van der Waals surface area (Å²) in [4.78, 5) is 20.9. The van der Waals surface area contributed by atoms with E-state index in [9.17, 15) is 4.79 Å². The summed E-state index contributed by atoms with van der Waals surface area (Å²) >= 11 is 1.65. The Labute approximate surface area is 182 Å². The molecule has 6 nitrogen and oxygen atoms in total. The first-order valence-corrected chi connectivity index (χ1v) is 9.80. The van der Waals surface area contributed by atoms with Crippen LogP contribution in [0.4, 0.5) is 5.69 Å². The molecule has 0 unspecified atom stereocenters. The fraction of sp³-hybridized carbons (Fsp3) is 0.421. The Balaban J connectivity index is 0.00000364. The Morgan fingerprint density at radius 1 is 1.26 bits per heavy atom. The number of aryl methyl sites for hydroxylation is 2. The van der Waals surface area contributed by atoms with E-state index in [4.69, 9.17) is 0 Å². The molecule has 0 aliphatic rings. The van der Waals surface area contributed by atoms with Gasteiger partial charge in [0, 0.05) is 30.6 Å². The van der Waals surface area contributed by atoms with Crippen molar-refractivity contribution in [3.63, 3.8) is 0 Å². The number of aliphatic imine (C=N–C) groups is 1. The Hall–Kier alpha value is -1.68. The van der Waals surface area contributed by atoms with E-state index in [0.717, 1.165) is 42.3 Å². The van der Waals surface area contributed by atoms with Crippen molar-refractivity contribution in [2.75, 3.05) is 25.0 Å². The molecule has 1 heterocycles. The highest BCUT2D eigenvalue weighted by Gasteiger charge is 2.04. The lowest BCUT2D eigenvalue weighted by Crippen LogP contribution is -2.39. The van der Waals surface area contributed by atoms with Crippen LogP contribution >= 0.6 is 35.3 Å². The number of thiazole rings is 1. The second-order valence-electron chi connectivity index (χ2n) is 5.83. The number of aromatic nitrogens is 1. The Bertz CT molecular complexity index is 747. The van der Waals surface area contributed by atoms with E-state index in [0.29, 0.717) is 5.96 Å². The number of carbonyl (C=O) groups excluding carboxylic acids is 1. The average molecular weight is 501 g/mol. The Morgan fingerprint density at radius 2 is 2.07 bits per heavy atom. The molecule has 0 fully saturated rings. The molecule has 0 radical (unpaired) electrons. The van der Waals surface area contributed by atoms with Crippen LogP contribution in [0.15, 0.2) is 34.6 Å². The number of benzene rings is 1. The van der Waals surface area contributed by atoms with E-state index < -0.39 is 0 Å². The van der Waals surface area contributed by atoms with Crippen molar-refractivity contribution in [1.82, 2.24) is 15.6 Å². The van der Waals surface area contributed by atoms with Crippen LogP contribution in [0.3, 0.4) is 0 Å². The molecular weight excluding hydrogens is 473 g/mol. The second-order valence-corrected chi connectivity index (χ2v) is 6.89. The number of hydrogen-bond donors (Lipinski definition) is 3. The summed E-state index contributed by atoms with van der Waals surface area (Å²) in [5.74, 6) is 0.502. The highest BCUT2D eigenvalue weighted by atomic mass is 127.